The van der Waals surface area contributed by atoms with Crippen LogP contribution in [0.5, 0.6) is 0 Å². The molecule has 0 amide bonds. The van der Waals surface area contributed by atoms with Crippen molar-refractivity contribution in [1.29, 1.82) is 0 Å². The van der Waals surface area contributed by atoms with Crippen molar-refractivity contribution in [2.75, 3.05) is 6.54 Å². The molecule has 0 spiro atoms. The molecule has 0 unspecified atom stereocenters. The van der Waals surface area contributed by atoms with Gasteiger partial charge in [0.05, 0.1) is 0 Å². The lowest BCUT2D eigenvalue weighted by Gasteiger charge is -2.14. The van der Waals surface area contributed by atoms with Crippen LogP contribution in [0.25, 0.3) is 0 Å². The molecule has 1 fully saturated rings. The average Bonchev–Trinajstić information content (AvgIpc) is 2.67. The quantitative estimate of drug-likeness (QED) is 0.619. The first-order valence-electron chi connectivity index (χ1n) is 4.58. The zero-order chi connectivity index (χ0) is 7.45. The Balaban J connectivity index is 2.11. The molecule has 0 bridgehead atoms. The van der Waals surface area contributed by atoms with Gasteiger partial charge in [0.2, 0.25) is 0 Å². The smallest absolute Gasteiger partial charge is 0.0182 e. The van der Waals surface area contributed by atoms with Gasteiger partial charge in [0.1, 0.15) is 0 Å². The van der Waals surface area contributed by atoms with E-state index in [1.54, 1.807) is 0 Å². The highest BCUT2D eigenvalue weighted by Gasteiger charge is 2.40. The Labute approximate surface area is 64.2 Å². The van der Waals surface area contributed by atoms with Crippen LogP contribution < -0.4 is 5.32 Å². The third-order valence-electron chi connectivity index (χ3n) is 2.33. The standard InChI is InChI=1S/C9H19N/c1-3-5-9(6-7-9)10-8-4-2/h10H,3-8H2,1-2H3. The summed E-state index contributed by atoms with van der Waals surface area (Å²) in [6, 6.07) is 0. The lowest BCUT2D eigenvalue weighted by Crippen LogP contribution is -2.31. The molecule has 0 aliphatic heterocycles. The summed E-state index contributed by atoms with van der Waals surface area (Å²) in [6.07, 6.45) is 6.82. The van der Waals surface area contributed by atoms with E-state index in [1.165, 1.54) is 38.6 Å². The largest absolute Gasteiger partial charge is 0.311 e. The molecular formula is C9H19N. The van der Waals surface area contributed by atoms with Crippen LogP contribution in [-0.2, 0) is 0 Å². The fourth-order valence-electron chi connectivity index (χ4n) is 1.53. The molecule has 0 atom stereocenters. The van der Waals surface area contributed by atoms with Gasteiger partial charge in [-0.1, -0.05) is 20.3 Å². The molecule has 1 saturated carbocycles. The summed E-state index contributed by atoms with van der Waals surface area (Å²) >= 11 is 0. The van der Waals surface area contributed by atoms with E-state index in [1.807, 2.05) is 0 Å². The molecule has 1 aliphatic rings. The Morgan fingerprint density at radius 2 is 1.90 bits per heavy atom. The Kier molecular flexibility index (Phi) is 2.72. The maximum atomic E-state index is 3.62. The Bertz CT molecular complexity index is 94.9. The maximum Gasteiger partial charge on any atom is 0.0182 e. The zero-order valence-electron chi connectivity index (χ0n) is 7.24. The van der Waals surface area contributed by atoms with E-state index in [9.17, 15) is 0 Å². The normalized spacial score (nSPS) is 21.0. The summed E-state index contributed by atoms with van der Waals surface area (Å²) < 4.78 is 0. The van der Waals surface area contributed by atoms with Crippen LogP contribution in [0.4, 0.5) is 0 Å². The van der Waals surface area contributed by atoms with Gasteiger partial charge in [0, 0.05) is 5.54 Å². The first-order valence-corrected chi connectivity index (χ1v) is 4.58. The van der Waals surface area contributed by atoms with Crippen LogP contribution in [0.1, 0.15) is 46.0 Å². The second kappa shape index (κ2) is 3.38. The van der Waals surface area contributed by atoms with Gasteiger partial charge in [0.25, 0.3) is 0 Å². The Hall–Kier alpha value is -0.0400. The highest BCUT2D eigenvalue weighted by molar-refractivity contribution is 5.00. The van der Waals surface area contributed by atoms with E-state index in [0.29, 0.717) is 5.54 Å². The summed E-state index contributed by atoms with van der Waals surface area (Å²) in [4.78, 5) is 0. The molecule has 1 nitrogen and oxygen atoms in total. The molecule has 1 rings (SSSR count). The van der Waals surface area contributed by atoms with Gasteiger partial charge < -0.3 is 5.32 Å². The van der Waals surface area contributed by atoms with Crippen molar-refractivity contribution >= 4 is 0 Å². The summed E-state index contributed by atoms with van der Waals surface area (Å²) in [7, 11) is 0. The van der Waals surface area contributed by atoms with Gasteiger partial charge in [-0.05, 0) is 32.2 Å². The zero-order valence-corrected chi connectivity index (χ0v) is 7.24. The maximum absolute atomic E-state index is 3.62. The molecule has 0 heterocycles. The predicted molar refractivity (Wildman–Crippen MR) is 45.2 cm³/mol. The minimum atomic E-state index is 0.602. The predicted octanol–water partition coefficient (Wildman–Crippen LogP) is 2.32. The molecule has 10 heavy (non-hydrogen) atoms. The summed E-state index contributed by atoms with van der Waals surface area (Å²) in [5, 5.41) is 3.62. The Morgan fingerprint density at radius 1 is 1.20 bits per heavy atom. The first kappa shape index (κ1) is 8.06. The van der Waals surface area contributed by atoms with E-state index < -0.39 is 0 Å². The SMILES string of the molecule is CCCNC1(CCC)CC1. The highest BCUT2D eigenvalue weighted by atomic mass is 15.0. The van der Waals surface area contributed by atoms with Crippen molar-refractivity contribution in [2.24, 2.45) is 0 Å². The van der Waals surface area contributed by atoms with E-state index in [-0.39, 0.29) is 0 Å². The van der Waals surface area contributed by atoms with Crippen LogP contribution in [-0.4, -0.2) is 12.1 Å². The van der Waals surface area contributed by atoms with Gasteiger partial charge in [-0.25, -0.2) is 0 Å². The van der Waals surface area contributed by atoms with Crippen LogP contribution in [0.3, 0.4) is 0 Å². The monoisotopic (exact) mass is 141 g/mol. The van der Waals surface area contributed by atoms with Crippen LogP contribution in [0.2, 0.25) is 0 Å². The fourth-order valence-corrected chi connectivity index (χ4v) is 1.53. The summed E-state index contributed by atoms with van der Waals surface area (Å²) in [5.41, 5.74) is 0.602. The van der Waals surface area contributed by atoms with Crippen molar-refractivity contribution in [2.45, 2.75) is 51.5 Å². The van der Waals surface area contributed by atoms with Crippen LogP contribution in [0, 0.1) is 0 Å². The van der Waals surface area contributed by atoms with Gasteiger partial charge >= 0.3 is 0 Å². The second-order valence-corrected chi connectivity index (χ2v) is 3.46. The third kappa shape index (κ3) is 1.98. The minimum absolute atomic E-state index is 0.602. The number of rotatable bonds is 5. The number of hydrogen-bond donors (Lipinski definition) is 1. The van der Waals surface area contributed by atoms with Crippen molar-refractivity contribution in [1.82, 2.24) is 5.32 Å². The average molecular weight is 141 g/mol. The van der Waals surface area contributed by atoms with Gasteiger partial charge in [-0.3, -0.25) is 0 Å². The van der Waals surface area contributed by atoms with E-state index in [2.05, 4.69) is 19.2 Å². The van der Waals surface area contributed by atoms with Crippen LogP contribution in [0.15, 0.2) is 0 Å². The number of hydrogen-bond acceptors (Lipinski definition) is 1. The van der Waals surface area contributed by atoms with Crippen molar-refractivity contribution in [3.8, 4) is 0 Å². The molecule has 1 N–H and O–H groups in total. The minimum Gasteiger partial charge on any atom is -0.311 e. The van der Waals surface area contributed by atoms with E-state index >= 15 is 0 Å². The highest BCUT2D eigenvalue weighted by Crippen LogP contribution is 2.39. The lowest BCUT2D eigenvalue weighted by molar-refractivity contribution is 0.460. The molecule has 0 aromatic heterocycles. The van der Waals surface area contributed by atoms with Crippen molar-refractivity contribution < 1.29 is 0 Å². The summed E-state index contributed by atoms with van der Waals surface area (Å²) in [6.45, 7) is 5.71. The van der Waals surface area contributed by atoms with Gasteiger partial charge in [0.15, 0.2) is 0 Å². The number of nitrogens with one attached hydrogen (secondary N) is 1. The molecule has 0 radical (unpaired) electrons. The fraction of sp³-hybridized carbons (Fsp3) is 1.00. The Morgan fingerprint density at radius 3 is 2.30 bits per heavy atom. The molecule has 0 aromatic carbocycles. The molecule has 0 aromatic rings. The van der Waals surface area contributed by atoms with Gasteiger partial charge in [-0.2, -0.15) is 0 Å². The van der Waals surface area contributed by atoms with Gasteiger partial charge in [-0.15, -0.1) is 0 Å². The first-order chi connectivity index (χ1) is 4.83. The van der Waals surface area contributed by atoms with Crippen LogP contribution >= 0.6 is 0 Å². The van der Waals surface area contributed by atoms with Crippen molar-refractivity contribution in [3.05, 3.63) is 0 Å². The molecule has 1 aliphatic carbocycles. The topological polar surface area (TPSA) is 12.0 Å². The lowest BCUT2D eigenvalue weighted by atomic mass is 10.1. The van der Waals surface area contributed by atoms with E-state index in [4.69, 9.17) is 0 Å². The molecule has 1 heteroatoms. The third-order valence-corrected chi connectivity index (χ3v) is 2.33. The molecular weight excluding hydrogens is 122 g/mol. The molecule has 60 valence electrons. The van der Waals surface area contributed by atoms with E-state index in [0.717, 1.165) is 0 Å². The second-order valence-electron chi connectivity index (χ2n) is 3.46. The van der Waals surface area contributed by atoms with Crippen molar-refractivity contribution in [3.63, 3.8) is 0 Å². The molecule has 0 saturated heterocycles. The summed E-state index contributed by atoms with van der Waals surface area (Å²) in [5.74, 6) is 0.